The highest BCUT2D eigenvalue weighted by Gasteiger charge is 2.56. The number of carbonyl (C=O) groups excluding carboxylic acids is 5. The molecule has 2 aliphatic rings. The molecule has 2 fully saturated rings. The molecule has 16 nitrogen and oxygen atoms in total. The first-order valence-electron chi connectivity index (χ1n) is 14.1. The van der Waals surface area contributed by atoms with E-state index in [0.29, 0.717) is 0 Å². The number of benzene rings is 1. The van der Waals surface area contributed by atoms with Gasteiger partial charge in [0.05, 0.1) is 13.2 Å². The topological polar surface area (TPSA) is 212 Å². The van der Waals surface area contributed by atoms with Crippen molar-refractivity contribution in [1.29, 1.82) is 0 Å². The Hall–Kier alpha value is -3.67. The first-order valence-corrected chi connectivity index (χ1v) is 14.1. The number of hydrogen-bond donors (Lipinski definition) is 3. The fraction of sp³-hybridized carbons (Fsp3) is 0.621. The Bertz CT molecular complexity index is 1180. The first-order chi connectivity index (χ1) is 21.3. The van der Waals surface area contributed by atoms with Crippen LogP contribution in [0.2, 0.25) is 0 Å². The third-order valence-electron chi connectivity index (χ3n) is 6.72. The predicted molar refractivity (Wildman–Crippen MR) is 147 cm³/mol. The number of aliphatic hydroxyl groups excluding tert-OH is 2. The van der Waals surface area contributed by atoms with E-state index in [1.165, 1.54) is 6.92 Å². The average Bonchev–Trinajstić information content (AvgIpc) is 2.96. The van der Waals surface area contributed by atoms with Crippen molar-refractivity contribution in [1.82, 2.24) is 5.32 Å². The molecule has 10 unspecified atom stereocenters. The number of hydrogen-bond acceptors (Lipinski definition) is 15. The lowest BCUT2D eigenvalue weighted by Crippen LogP contribution is -2.68. The highest BCUT2D eigenvalue weighted by Crippen LogP contribution is 2.34. The van der Waals surface area contributed by atoms with E-state index in [4.69, 9.17) is 37.9 Å². The first kappa shape index (κ1) is 35.8. The fourth-order valence-electron chi connectivity index (χ4n) is 4.97. The van der Waals surface area contributed by atoms with Gasteiger partial charge >= 0.3 is 23.9 Å². The van der Waals surface area contributed by atoms with Gasteiger partial charge in [0.15, 0.2) is 30.9 Å². The summed E-state index contributed by atoms with van der Waals surface area (Å²) < 4.78 is 45.2. The van der Waals surface area contributed by atoms with Crippen molar-refractivity contribution < 1.29 is 72.1 Å². The van der Waals surface area contributed by atoms with Crippen LogP contribution in [0.5, 0.6) is 0 Å². The molecular formula is C29H39NO15. The zero-order chi connectivity index (χ0) is 33.3. The Morgan fingerprint density at radius 1 is 0.756 bits per heavy atom. The van der Waals surface area contributed by atoms with Crippen molar-refractivity contribution in [2.75, 3.05) is 13.2 Å². The molecule has 3 N–H and O–H groups in total. The maximum Gasteiger partial charge on any atom is 0.303 e. The molecule has 1 aromatic carbocycles. The van der Waals surface area contributed by atoms with Crippen LogP contribution in [0.25, 0.3) is 0 Å². The van der Waals surface area contributed by atoms with Crippen molar-refractivity contribution in [3.63, 3.8) is 0 Å². The molecule has 2 aliphatic heterocycles. The summed E-state index contributed by atoms with van der Waals surface area (Å²) in [6.07, 6.45) is -13.2. The van der Waals surface area contributed by atoms with E-state index in [1.54, 1.807) is 24.3 Å². The molecular weight excluding hydrogens is 602 g/mol. The van der Waals surface area contributed by atoms with Gasteiger partial charge in [0.25, 0.3) is 0 Å². The summed E-state index contributed by atoms with van der Waals surface area (Å²) in [7, 11) is 0. The van der Waals surface area contributed by atoms with Gasteiger partial charge in [-0.3, -0.25) is 24.0 Å². The normalized spacial score (nSPS) is 31.3. The lowest BCUT2D eigenvalue weighted by atomic mass is 9.95. The highest BCUT2D eigenvalue weighted by atomic mass is 16.7. The second kappa shape index (κ2) is 16.6. The molecule has 0 bridgehead atoms. The van der Waals surface area contributed by atoms with Gasteiger partial charge in [-0.1, -0.05) is 30.3 Å². The van der Waals surface area contributed by atoms with E-state index in [0.717, 1.165) is 33.3 Å². The zero-order valence-electron chi connectivity index (χ0n) is 25.5. The molecule has 10 atom stereocenters. The molecule has 0 spiro atoms. The Labute approximate surface area is 259 Å². The molecule has 45 heavy (non-hydrogen) atoms. The van der Waals surface area contributed by atoms with Gasteiger partial charge in [-0.25, -0.2) is 0 Å². The van der Waals surface area contributed by atoms with E-state index in [9.17, 15) is 34.2 Å². The zero-order valence-corrected chi connectivity index (χ0v) is 25.5. The van der Waals surface area contributed by atoms with Crippen molar-refractivity contribution in [2.24, 2.45) is 0 Å². The third-order valence-corrected chi connectivity index (χ3v) is 6.72. The molecule has 0 aliphatic carbocycles. The summed E-state index contributed by atoms with van der Waals surface area (Å²) in [5.41, 5.74) is 0.756. The van der Waals surface area contributed by atoms with Crippen LogP contribution in [-0.4, -0.2) is 115 Å². The summed E-state index contributed by atoms with van der Waals surface area (Å²) in [4.78, 5) is 60.3. The summed E-state index contributed by atoms with van der Waals surface area (Å²) in [5.74, 6) is -3.79. The van der Waals surface area contributed by atoms with Crippen molar-refractivity contribution >= 4 is 29.8 Å². The van der Waals surface area contributed by atoms with Crippen molar-refractivity contribution in [3.05, 3.63) is 35.9 Å². The number of carbonyl (C=O) groups is 5. The van der Waals surface area contributed by atoms with E-state index >= 15 is 0 Å². The van der Waals surface area contributed by atoms with Gasteiger partial charge in [0.1, 0.15) is 37.1 Å². The van der Waals surface area contributed by atoms with Crippen LogP contribution in [-0.2, 0) is 68.5 Å². The van der Waals surface area contributed by atoms with Gasteiger partial charge in [0, 0.05) is 34.6 Å². The lowest BCUT2D eigenvalue weighted by Gasteiger charge is -2.48. The molecule has 3 rings (SSSR count). The lowest BCUT2D eigenvalue weighted by molar-refractivity contribution is -0.347. The van der Waals surface area contributed by atoms with Crippen LogP contribution in [0.1, 0.15) is 40.2 Å². The number of rotatable bonds is 12. The van der Waals surface area contributed by atoms with E-state index < -0.39 is 104 Å². The minimum absolute atomic E-state index is 0.0155. The summed E-state index contributed by atoms with van der Waals surface area (Å²) >= 11 is 0. The number of esters is 4. The maximum absolute atomic E-state index is 12.3. The SMILES string of the molecule is CC(=O)NC1C(OCc2ccccc2)OC(CO)C(O)C1OC1OC(COC(C)=O)C(OC(C)=O)C(OC(C)=O)C1OC(C)=O. The predicted octanol–water partition coefficient (Wildman–Crippen LogP) is -0.746. The largest absolute Gasteiger partial charge is 0.463 e. The highest BCUT2D eigenvalue weighted by molar-refractivity contribution is 5.73. The van der Waals surface area contributed by atoms with E-state index in [1.807, 2.05) is 6.07 Å². The van der Waals surface area contributed by atoms with Gasteiger partial charge < -0.3 is 53.4 Å². The van der Waals surface area contributed by atoms with Crippen LogP contribution < -0.4 is 5.32 Å². The van der Waals surface area contributed by atoms with Gasteiger partial charge in [-0.05, 0) is 5.56 Å². The Morgan fingerprint density at radius 2 is 1.33 bits per heavy atom. The molecule has 16 heteroatoms. The van der Waals surface area contributed by atoms with Crippen LogP contribution in [0.15, 0.2) is 30.3 Å². The molecule has 2 heterocycles. The van der Waals surface area contributed by atoms with Crippen molar-refractivity contribution in [3.8, 4) is 0 Å². The minimum atomic E-state index is -1.69. The standard InChI is InChI=1S/C29H39NO15/c1-14(32)30-22-25(23(37)20(11-31)43-28(22)39-12-19-9-7-6-8-10-19)45-29-27(42-18(5)36)26(41-17(4)35)24(40-16(3)34)21(44-29)13-38-15(2)33/h6-10,20-29,31,37H,11-13H2,1-5H3,(H,30,32). The summed E-state index contributed by atoms with van der Waals surface area (Å²) in [5, 5.41) is 23.9. The van der Waals surface area contributed by atoms with Crippen molar-refractivity contribution in [2.45, 2.75) is 103 Å². The Morgan fingerprint density at radius 3 is 1.89 bits per heavy atom. The third kappa shape index (κ3) is 10.2. The van der Waals surface area contributed by atoms with Gasteiger partial charge in [-0.15, -0.1) is 0 Å². The quantitative estimate of drug-likeness (QED) is 0.189. The monoisotopic (exact) mass is 641 g/mol. The van der Waals surface area contributed by atoms with E-state index in [2.05, 4.69) is 5.32 Å². The number of aliphatic hydroxyl groups is 2. The minimum Gasteiger partial charge on any atom is -0.463 e. The fourth-order valence-corrected chi connectivity index (χ4v) is 4.97. The molecule has 2 saturated heterocycles. The Kier molecular flexibility index (Phi) is 13.2. The molecule has 0 aromatic heterocycles. The van der Waals surface area contributed by atoms with Gasteiger partial charge in [0.2, 0.25) is 5.91 Å². The number of nitrogens with one attached hydrogen (secondary N) is 1. The summed E-state index contributed by atoms with van der Waals surface area (Å²) in [6, 6.07) is 7.76. The summed E-state index contributed by atoms with van der Waals surface area (Å²) in [6.45, 7) is 4.38. The molecule has 1 aromatic rings. The van der Waals surface area contributed by atoms with Gasteiger partial charge in [-0.2, -0.15) is 0 Å². The maximum atomic E-state index is 12.3. The second-order valence-electron chi connectivity index (χ2n) is 10.4. The molecule has 250 valence electrons. The van der Waals surface area contributed by atoms with E-state index in [-0.39, 0.29) is 6.61 Å². The Balaban J connectivity index is 2.03. The van der Waals surface area contributed by atoms with Crippen LogP contribution in [0.4, 0.5) is 0 Å². The number of ether oxygens (including phenoxy) is 8. The van der Waals surface area contributed by atoms with Crippen LogP contribution in [0, 0.1) is 0 Å². The molecule has 0 saturated carbocycles. The average molecular weight is 642 g/mol. The molecule has 1 amide bonds. The van der Waals surface area contributed by atoms with Crippen LogP contribution in [0.3, 0.4) is 0 Å². The number of amides is 1. The smallest absolute Gasteiger partial charge is 0.303 e. The van der Waals surface area contributed by atoms with Crippen LogP contribution >= 0.6 is 0 Å². The molecule has 0 radical (unpaired) electrons. The second-order valence-corrected chi connectivity index (χ2v) is 10.4.